The highest BCUT2D eigenvalue weighted by Gasteiger charge is 2.07. The molecule has 0 spiro atoms. The normalized spacial score (nSPS) is 10.8. The summed E-state index contributed by atoms with van der Waals surface area (Å²) in [5, 5.41) is 2.40. The Bertz CT molecular complexity index is 345. The van der Waals surface area contributed by atoms with E-state index in [2.05, 4.69) is 12.2 Å². The fourth-order valence-electron chi connectivity index (χ4n) is 2.62. The molecule has 0 aliphatic rings. The average molecular weight is 372 g/mol. The van der Waals surface area contributed by atoms with Crippen molar-refractivity contribution < 1.29 is 19.1 Å². The maximum Gasteiger partial charge on any atom is 0.407 e. The van der Waals surface area contributed by atoms with Gasteiger partial charge in [0, 0.05) is 0 Å². The molecule has 0 atom stereocenters. The number of alkyl carbamates (subject to hydrolysis) is 1. The number of hydrogen-bond acceptors (Lipinski definition) is 4. The second-order valence-corrected chi connectivity index (χ2v) is 7.46. The highest BCUT2D eigenvalue weighted by Crippen LogP contribution is 2.11. The molecule has 1 amide bonds. The monoisotopic (exact) mass is 371 g/mol. The van der Waals surface area contributed by atoms with Crippen molar-refractivity contribution >= 4 is 12.1 Å². The number of carbonyl (C=O) groups excluding carboxylic acids is 2. The molecule has 0 aliphatic heterocycles. The van der Waals surface area contributed by atoms with Crippen LogP contribution in [0.3, 0.4) is 0 Å². The zero-order chi connectivity index (χ0) is 19.5. The summed E-state index contributed by atoms with van der Waals surface area (Å²) in [5.74, 6) is -0.131. The number of hydrogen-bond donors (Lipinski definition) is 1. The summed E-state index contributed by atoms with van der Waals surface area (Å²) in [6.07, 6.45) is 14.8. The van der Waals surface area contributed by atoms with Crippen LogP contribution in [0.1, 0.15) is 97.8 Å². The average Bonchev–Trinajstić information content (AvgIpc) is 2.62. The number of unbranched alkanes of at least 4 members (excludes halogenated alkanes) is 11. The van der Waals surface area contributed by atoms with Gasteiger partial charge in [0.25, 0.3) is 0 Å². The smallest absolute Gasteiger partial charge is 0.407 e. The zero-order valence-electron chi connectivity index (χ0n) is 17.3. The second kappa shape index (κ2) is 18.5. The summed E-state index contributed by atoms with van der Waals surface area (Å²) in [4.78, 5) is 22.8. The van der Waals surface area contributed by atoms with Gasteiger partial charge in [-0.15, -0.1) is 0 Å². The molecule has 0 aromatic carbocycles. The van der Waals surface area contributed by atoms with Gasteiger partial charge in [-0.3, -0.25) is 4.79 Å². The molecule has 0 fully saturated rings. The van der Waals surface area contributed by atoms with E-state index in [0.717, 1.165) is 12.8 Å². The molecule has 0 bridgehead atoms. The van der Waals surface area contributed by atoms with E-state index in [0.29, 0.717) is 13.2 Å². The van der Waals surface area contributed by atoms with E-state index in [1.54, 1.807) is 0 Å². The summed E-state index contributed by atoms with van der Waals surface area (Å²) in [5.41, 5.74) is 0. The Morgan fingerprint density at radius 1 is 0.769 bits per heavy atom. The van der Waals surface area contributed by atoms with Crippen LogP contribution in [-0.2, 0) is 14.3 Å². The highest BCUT2D eigenvalue weighted by atomic mass is 16.6. The lowest BCUT2D eigenvalue weighted by molar-refractivity contribution is -0.142. The van der Waals surface area contributed by atoms with Gasteiger partial charge in [-0.1, -0.05) is 91.4 Å². The lowest BCUT2D eigenvalue weighted by atomic mass is 10.1. The minimum Gasteiger partial charge on any atom is -0.464 e. The lowest BCUT2D eigenvalue weighted by Crippen LogP contribution is -2.32. The van der Waals surface area contributed by atoms with Crippen LogP contribution in [0, 0.1) is 5.92 Å². The number of esters is 1. The first kappa shape index (κ1) is 24.7. The van der Waals surface area contributed by atoms with Crippen LogP contribution in [0.25, 0.3) is 0 Å². The van der Waals surface area contributed by atoms with Crippen LogP contribution in [0.4, 0.5) is 4.79 Å². The number of rotatable bonds is 17. The van der Waals surface area contributed by atoms with Gasteiger partial charge in [-0.2, -0.15) is 0 Å². The standard InChI is InChI=1S/C21H41NO4/c1-4-5-6-7-8-9-10-11-12-13-14-15-16-25-20(23)17-22-21(24)26-18-19(2)3/h19H,4-18H2,1-3H3,(H,22,24). The maximum absolute atomic E-state index is 11.5. The van der Waals surface area contributed by atoms with Crippen molar-refractivity contribution in [2.24, 2.45) is 5.92 Å². The third-order valence-electron chi connectivity index (χ3n) is 4.19. The van der Waals surface area contributed by atoms with Crippen LogP contribution in [-0.4, -0.2) is 31.8 Å². The Labute approximate surface area is 160 Å². The van der Waals surface area contributed by atoms with Crippen molar-refractivity contribution in [3.8, 4) is 0 Å². The summed E-state index contributed by atoms with van der Waals surface area (Å²) in [7, 11) is 0. The highest BCUT2D eigenvalue weighted by molar-refractivity contribution is 5.77. The van der Waals surface area contributed by atoms with Gasteiger partial charge in [0.2, 0.25) is 0 Å². The fourth-order valence-corrected chi connectivity index (χ4v) is 2.62. The molecule has 0 aromatic heterocycles. The number of carbonyl (C=O) groups is 2. The molecule has 0 aliphatic carbocycles. The molecular formula is C21H41NO4. The third-order valence-corrected chi connectivity index (χ3v) is 4.19. The first-order valence-corrected chi connectivity index (χ1v) is 10.6. The van der Waals surface area contributed by atoms with Gasteiger partial charge in [-0.25, -0.2) is 4.79 Å². The summed E-state index contributed by atoms with van der Waals surface area (Å²) in [6, 6.07) is 0. The second-order valence-electron chi connectivity index (χ2n) is 7.46. The van der Waals surface area contributed by atoms with Crippen molar-refractivity contribution in [1.29, 1.82) is 0 Å². The van der Waals surface area contributed by atoms with Crippen molar-refractivity contribution in [3.05, 3.63) is 0 Å². The van der Waals surface area contributed by atoms with Gasteiger partial charge in [0.1, 0.15) is 6.54 Å². The van der Waals surface area contributed by atoms with Crippen LogP contribution in [0.15, 0.2) is 0 Å². The molecule has 0 heterocycles. The Morgan fingerprint density at radius 2 is 1.27 bits per heavy atom. The van der Waals surface area contributed by atoms with Gasteiger partial charge >= 0.3 is 12.1 Å². The molecule has 154 valence electrons. The molecule has 5 nitrogen and oxygen atoms in total. The third kappa shape index (κ3) is 19.1. The SMILES string of the molecule is CCCCCCCCCCCCCCOC(=O)CNC(=O)OCC(C)C. The molecule has 0 radical (unpaired) electrons. The maximum atomic E-state index is 11.5. The molecule has 0 rings (SSSR count). The quantitative estimate of drug-likeness (QED) is 0.266. The number of amides is 1. The molecule has 5 heteroatoms. The van der Waals surface area contributed by atoms with Gasteiger partial charge in [0.15, 0.2) is 0 Å². The van der Waals surface area contributed by atoms with Gasteiger partial charge < -0.3 is 14.8 Å². The van der Waals surface area contributed by atoms with E-state index in [1.807, 2.05) is 13.8 Å². The Hall–Kier alpha value is -1.26. The molecule has 0 unspecified atom stereocenters. The van der Waals surface area contributed by atoms with Crippen LogP contribution >= 0.6 is 0 Å². The van der Waals surface area contributed by atoms with Crippen LogP contribution in [0.2, 0.25) is 0 Å². The number of nitrogens with one attached hydrogen (secondary N) is 1. The van der Waals surface area contributed by atoms with Crippen LogP contribution < -0.4 is 5.32 Å². The molecule has 26 heavy (non-hydrogen) atoms. The van der Waals surface area contributed by atoms with E-state index >= 15 is 0 Å². The van der Waals surface area contributed by atoms with Crippen LogP contribution in [0.5, 0.6) is 0 Å². The van der Waals surface area contributed by atoms with Crippen molar-refractivity contribution in [2.75, 3.05) is 19.8 Å². The summed E-state index contributed by atoms with van der Waals surface area (Å²) < 4.78 is 10.0. The Balaban J connectivity index is 3.27. The van der Waals surface area contributed by atoms with E-state index in [9.17, 15) is 9.59 Å². The molecular weight excluding hydrogens is 330 g/mol. The van der Waals surface area contributed by atoms with Crippen molar-refractivity contribution in [2.45, 2.75) is 97.8 Å². The Kier molecular flexibility index (Phi) is 17.6. The lowest BCUT2D eigenvalue weighted by Gasteiger charge is -2.09. The van der Waals surface area contributed by atoms with E-state index in [-0.39, 0.29) is 12.5 Å². The first-order valence-electron chi connectivity index (χ1n) is 10.6. The minimum atomic E-state index is -0.569. The fraction of sp³-hybridized carbons (Fsp3) is 0.905. The Morgan fingerprint density at radius 3 is 1.77 bits per heavy atom. The minimum absolute atomic E-state index is 0.130. The molecule has 0 aromatic rings. The summed E-state index contributed by atoms with van der Waals surface area (Å²) >= 11 is 0. The van der Waals surface area contributed by atoms with Crippen molar-refractivity contribution in [1.82, 2.24) is 5.32 Å². The first-order chi connectivity index (χ1) is 12.6. The largest absolute Gasteiger partial charge is 0.464 e. The van der Waals surface area contributed by atoms with Gasteiger partial charge in [-0.05, 0) is 12.3 Å². The number of ether oxygens (including phenoxy) is 2. The summed E-state index contributed by atoms with van der Waals surface area (Å²) in [6.45, 7) is 6.81. The van der Waals surface area contributed by atoms with E-state index < -0.39 is 12.1 Å². The van der Waals surface area contributed by atoms with Gasteiger partial charge in [0.05, 0.1) is 13.2 Å². The topological polar surface area (TPSA) is 64.6 Å². The van der Waals surface area contributed by atoms with E-state index in [1.165, 1.54) is 64.2 Å². The van der Waals surface area contributed by atoms with Crippen molar-refractivity contribution in [3.63, 3.8) is 0 Å². The predicted octanol–water partition coefficient (Wildman–Crippen LogP) is 5.61. The zero-order valence-corrected chi connectivity index (χ0v) is 17.3. The predicted molar refractivity (Wildman–Crippen MR) is 106 cm³/mol. The molecule has 1 N–H and O–H groups in total. The molecule has 0 saturated carbocycles. The molecule has 0 saturated heterocycles. The van der Waals surface area contributed by atoms with E-state index in [4.69, 9.17) is 9.47 Å².